The summed E-state index contributed by atoms with van der Waals surface area (Å²) in [6.45, 7) is 2.08. The van der Waals surface area contributed by atoms with Gasteiger partial charge in [0, 0.05) is 43.2 Å². The Bertz CT molecular complexity index is 1070. The summed E-state index contributed by atoms with van der Waals surface area (Å²) in [5.74, 6) is 0.838. The van der Waals surface area contributed by atoms with Crippen molar-refractivity contribution in [1.29, 1.82) is 0 Å². The molecule has 1 N–H and O–H groups in total. The molecule has 2 saturated heterocycles. The van der Waals surface area contributed by atoms with Crippen molar-refractivity contribution in [2.75, 3.05) is 13.1 Å². The number of nitrogens with one attached hydrogen (secondary N) is 1. The van der Waals surface area contributed by atoms with Gasteiger partial charge in [0.15, 0.2) is 0 Å². The first-order valence-electron chi connectivity index (χ1n) is 11.4. The average molecular weight is 416 g/mol. The van der Waals surface area contributed by atoms with Crippen molar-refractivity contribution in [3.05, 3.63) is 71.9 Å². The minimum absolute atomic E-state index is 0.0857. The highest BCUT2D eigenvalue weighted by Gasteiger charge is 2.39. The summed E-state index contributed by atoms with van der Waals surface area (Å²) in [6.07, 6.45) is 6.20. The van der Waals surface area contributed by atoms with Gasteiger partial charge in [-0.25, -0.2) is 0 Å². The maximum atomic E-state index is 13.3. The Hall–Kier alpha value is -3.08. The van der Waals surface area contributed by atoms with Crippen LogP contribution in [0.5, 0.6) is 0 Å². The third-order valence-corrected chi connectivity index (χ3v) is 6.92. The molecule has 0 saturated carbocycles. The predicted molar refractivity (Wildman–Crippen MR) is 121 cm³/mol. The van der Waals surface area contributed by atoms with Crippen LogP contribution in [0.25, 0.3) is 10.9 Å². The van der Waals surface area contributed by atoms with E-state index in [0.29, 0.717) is 25.3 Å². The molecule has 0 radical (unpaired) electrons. The molecule has 1 aromatic heterocycles. The lowest BCUT2D eigenvalue weighted by Gasteiger charge is -2.35. The summed E-state index contributed by atoms with van der Waals surface area (Å²) in [5.41, 5.74) is 3.51. The molecule has 2 aliphatic rings. The van der Waals surface area contributed by atoms with Crippen LogP contribution in [0.15, 0.2) is 60.8 Å². The van der Waals surface area contributed by atoms with Crippen LogP contribution in [-0.4, -0.2) is 45.7 Å². The monoisotopic (exact) mass is 415 g/mol. The summed E-state index contributed by atoms with van der Waals surface area (Å²) in [4.78, 5) is 33.0. The van der Waals surface area contributed by atoms with Crippen molar-refractivity contribution in [2.45, 2.75) is 44.7 Å². The molecule has 2 aliphatic heterocycles. The smallest absolute Gasteiger partial charge is 0.245 e. The number of nitrogens with zero attached hydrogens (tertiary/aromatic N) is 2. The van der Waals surface area contributed by atoms with Crippen molar-refractivity contribution in [1.82, 2.24) is 14.8 Å². The molecule has 0 spiro atoms. The highest BCUT2D eigenvalue weighted by Crippen LogP contribution is 2.28. The Balaban J connectivity index is 1.23. The van der Waals surface area contributed by atoms with Gasteiger partial charge in [0.2, 0.25) is 11.8 Å². The van der Waals surface area contributed by atoms with Crippen LogP contribution in [0, 0.1) is 5.92 Å². The van der Waals surface area contributed by atoms with Gasteiger partial charge in [-0.2, -0.15) is 0 Å². The molecule has 3 aromatic rings. The van der Waals surface area contributed by atoms with Gasteiger partial charge < -0.3 is 14.8 Å². The maximum Gasteiger partial charge on any atom is 0.245 e. The molecule has 5 nitrogen and oxygen atoms in total. The number of fused-ring (bicyclic) bond motifs is 1. The van der Waals surface area contributed by atoms with E-state index in [0.717, 1.165) is 48.8 Å². The number of likely N-dealkylation sites (tertiary alicyclic amines) is 2. The van der Waals surface area contributed by atoms with E-state index in [1.165, 1.54) is 5.56 Å². The first-order valence-corrected chi connectivity index (χ1v) is 11.4. The topological polar surface area (TPSA) is 56.4 Å². The van der Waals surface area contributed by atoms with E-state index in [1.807, 2.05) is 29.3 Å². The highest BCUT2D eigenvalue weighted by molar-refractivity contribution is 5.91. The fraction of sp³-hybridized carbons (Fsp3) is 0.385. The first kappa shape index (κ1) is 19.9. The normalized spacial score (nSPS) is 20.0. The van der Waals surface area contributed by atoms with Crippen LogP contribution in [0.4, 0.5) is 0 Å². The Labute approximate surface area is 183 Å². The number of hydrogen-bond donors (Lipinski definition) is 1. The fourth-order valence-electron chi connectivity index (χ4n) is 5.15. The molecular formula is C26H29N3O2. The standard InChI is InChI=1S/C26H29N3O2/c30-25-11-10-24(29(25)18-21-17-27-23-9-5-4-8-22(21)23)26(31)28-14-12-20(13-15-28)16-19-6-2-1-3-7-19/h1-9,17,20,24,27H,10-16,18H2. The number of aromatic nitrogens is 1. The number of benzene rings is 2. The fourth-order valence-corrected chi connectivity index (χ4v) is 5.15. The summed E-state index contributed by atoms with van der Waals surface area (Å²) in [6, 6.07) is 18.4. The largest absolute Gasteiger partial charge is 0.361 e. The summed E-state index contributed by atoms with van der Waals surface area (Å²) >= 11 is 0. The summed E-state index contributed by atoms with van der Waals surface area (Å²) in [7, 11) is 0. The lowest BCUT2D eigenvalue weighted by Crippen LogP contribution is -2.49. The Morgan fingerprint density at radius 3 is 2.52 bits per heavy atom. The molecule has 5 rings (SSSR count). The third kappa shape index (κ3) is 4.09. The molecule has 0 aliphatic carbocycles. The minimum atomic E-state index is -0.327. The molecule has 2 fully saturated rings. The van der Waals surface area contributed by atoms with E-state index in [1.54, 1.807) is 4.90 Å². The van der Waals surface area contributed by atoms with Crippen molar-refractivity contribution in [3.8, 4) is 0 Å². The van der Waals surface area contributed by atoms with Crippen LogP contribution in [0.3, 0.4) is 0 Å². The minimum Gasteiger partial charge on any atom is -0.361 e. The summed E-state index contributed by atoms with van der Waals surface area (Å²) < 4.78 is 0. The lowest BCUT2D eigenvalue weighted by atomic mass is 9.90. The van der Waals surface area contributed by atoms with Gasteiger partial charge in [-0.3, -0.25) is 9.59 Å². The first-order chi connectivity index (χ1) is 15.2. The second kappa shape index (κ2) is 8.58. The number of para-hydroxylation sites is 1. The maximum absolute atomic E-state index is 13.3. The molecule has 2 aromatic carbocycles. The SMILES string of the molecule is O=C(C1CCC(=O)N1Cc1c[nH]c2ccccc12)N1CCC(Cc2ccccc2)CC1. The number of aromatic amines is 1. The predicted octanol–water partition coefficient (Wildman–Crippen LogP) is 4.14. The van der Waals surface area contributed by atoms with Gasteiger partial charge in [0.25, 0.3) is 0 Å². The number of carbonyl (C=O) groups is 2. The number of H-pyrrole nitrogens is 1. The molecule has 160 valence electrons. The number of carbonyl (C=O) groups excluding carboxylic acids is 2. The van der Waals surface area contributed by atoms with Crippen molar-refractivity contribution in [2.24, 2.45) is 5.92 Å². The molecule has 2 amide bonds. The quantitative estimate of drug-likeness (QED) is 0.681. The van der Waals surface area contributed by atoms with Crippen LogP contribution >= 0.6 is 0 Å². The van der Waals surface area contributed by atoms with E-state index in [9.17, 15) is 9.59 Å². The van der Waals surface area contributed by atoms with Gasteiger partial charge in [-0.1, -0.05) is 48.5 Å². The number of rotatable bonds is 5. The van der Waals surface area contributed by atoms with Crippen LogP contribution in [-0.2, 0) is 22.6 Å². The number of piperidine rings is 1. The zero-order chi connectivity index (χ0) is 21.2. The third-order valence-electron chi connectivity index (χ3n) is 6.92. The van der Waals surface area contributed by atoms with Gasteiger partial charge in [0.05, 0.1) is 0 Å². The van der Waals surface area contributed by atoms with Crippen LogP contribution in [0.1, 0.15) is 36.8 Å². The van der Waals surface area contributed by atoms with Gasteiger partial charge >= 0.3 is 0 Å². The lowest BCUT2D eigenvalue weighted by molar-refractivity contribution is -0.142. The molecular weight excluding hydrogens is 386 g/mol. The van der Waals surface area contributed by atoms with E-state index in [2.05, 4.69) is 41.4 Å². The highest BCUT2D eigenvalue weighted by atomic mass is 16.2. The zero-order valence-corrected chi connectivity index (χ0v) is 17.8. The van der Waals surface area contributed by atoms with E-state index < -0.39 is 0 Å². The molecule has 1 unspecified atom stereocenters. The van der Waals surface area contributed by atoms with Crippen molar-refractivity contribution < 1.29 is 9.59 Å². The Kier molecular flexibility index (Phi) is 5.49. The van der Waals surface area contributed by atoms with Gasteiger partial charge in [-0.05, 0) is 48.8 Å². The van der Waals surface area contributed by atoms with Gasteiger partial charge in [0.1, 0.15) is 6.04 Å². The van der Waals surface area contributed by atoms with Crippen LogP contribution < -0.4 is 0 Å². The van der Waals surface area contributed by atoms with E-state index >= 15 is 0 Å². The molecule has 3 heterocycles. The van der Waals surface area contributed by atoms with E-state index in [-0.39, 0.29) is 17.9 Å². The Morgan fingerprint density at radius 1 is 0.968 bits per heavy atom. The Morgan fingerprint density at radius 2 is 1.71 bits per heavy atom. The zero-order valence-electron chi connectivity index (χ0n) is 17.8. The van der Waals surface area contributed by atoms with Gasteiger partial charge in [-0.15, -0.1) is 0 Å². The number of amides is 2. The average Bonchev–Trinajstić information content (AvgIpc) is 3.39. The molecule has 1 atom stereocenters. The molecule has 0 bridgehead atoms. The number of hydrogen-bond acceptors (Lipinski definition) is 2. The summed E-state index contributed by atoms with van der Waals surface area (Å²) in [5, 5.41) is 1.12. The second-order valence-electron chi connectivity index (χ2n) is 8.89. The molecule has 5 heteroatoms. The molecule has 31 heavy (non-hydrogen) atoms. The van der Waals surface area contributed by atoms with Crippen molar-refractivity contribution >= 4 is 22.7 Å². The van der Waals surface area contributed by atoms with Crippen molar-refractivity contribution in [3.63, 3.8) is 0 Å². The van der Waals surface area contributed by atoms with E-state index in [4.69, 9.17) is 0 Å². The second-order valence-corrected chi connectivity index (χ2v) is 8.89. The van der Waals surface area contributed by atoms with Crippen LogP contribution in [0.2, 0.25) is 0 Å².